The second-order valence-corrected chi connectivity index (χ2v) is 4.52. The molecule has 1 amide bonds. The molecule has 0 bridgehead atoms. The van der Waals surface area contributed by atoms with E-state index in [0.29, 0.717) is 5.41 Å². The zero-order valence-corrected chi connectivity index (χ0v) is 8.46. The summed E-state index contributed by atoms with van der Waals surface area (Å²) >= 11 is 0. The number of piperidine rings is 2. The van der Waals surface area contributed by atoms with Gasteiger partial charge in [-0.2, -0.15) is 0 Å². The molecule has 4 heteroatoms. The third kappa shape index (κ3) is 1.85. The molecule has 0 aromatic rings. The molecule has 0 saturated carbocycles. The van der Waals surface area contributed by atoms with Gasteiger partial charge in [-0.1, -0.05) is 0 Å². The minimum atomic E-state index is -0.756. The maximum Gasteiger partial charge on any atom is 0.407 e. The fourth-order valence-electron chi connectivity index (χ4n) is 2.63. The highest BCUT2D eigenvalue weighted by Crippen LogP contribution is 2.39. The minimum absolute atomic E-state index is 0.456. The van der Waals surface area contributed by atoms with Crippen LogP contribution in [0, 0.1) is 5.41 Å². The first-order chi connectivity index (χ1) is 6.72. The van der Waals surface area contributed by atoms with Gasteiger partial charge in [-0.05, 0) is 44.2 Å². The molecule has 80 valence electrons. The molecule has 0 aromatic carbocycles. The van der Waals surface area contributed by atoms with Gasteiger partial charge in [0.25, 0.3) is 0 Å². The van der Waals surface area contributed by atoms with Gasteiger partial charge in [0.05, 0.1) is 0 Å². The third-order valence-electron chi connectivity index (χ3n) is 3.76. The lowest BCUT2D eigenvalue weighted by molar-refractivity contribution is 0.0693. The Hall–Kier alpha value is -0.770. The van der Waals surface area contributed by atoms with E-state index in [1.54, 1.807) is 4.90 Å². The molecule has 2 saturated heterocycles. The predicted molar refractivity (Wildman–Crippen MR) is 53.4 cm³/mol. The van der Waals surface area contributed by atoms with E-state index in [4.69, 9.17) is 5.11 Å². The Morgan fingerprint density at radius 1 is 1.14 bits per heavy atom. The molecule has 0 aromatic heterocycles. The first-order valence-corrected chi connectivity index (χ1v) is 5.41. The summed E-state index contributed by atoms with van der Waals surface area (Å²) in [6.07, 6.45) is 3.80. The van der Waals surface area contributed by atoms with Crippen LogP contribution >= 0.6 is 0 Å². The number of nitrogens with zero attached hydrogens (tertiary/aromatic N) is 1. The van der Waals surface area contributed by atoms with Crippen molar-refractivity contribution in [2.75, 3.05) is 26.2 Å². The molecular weight excluding hydrogens is 180 g/mol. The molecule has 2 aliphatic heterocycles. The monoisotopic (exact) mass is 198 g/mol. The number of carboxylic acid groups (broad SMARTS) is 1. The van der Waals surface area contributed by atoms with Crippen LogP contribution in [0.1, 0.15) is 25.7 Å². The summed E-state index contributed by atoms with van der Waals surface area (Å²) in [6.45, 7) is 3.67. The Balaban J connectivity index is 1.90. The Kier molecular flexibility index (Phi) is 2.63. The van der Waals surface area contributed by atoms with Crippen LogP contribution in [0.25, 0.3) is 0 Å². The van der Waals surface area contributed by atoms with Crippen LogP contribution in [-0.2, 0) is 0 Å². The maximum atomic E-state index is 10.7. The van der Waals surface area contributed by atoms with Crippen molar-refractivity contribution in [2.24, 2.45) is 5.41 Å². The number of nitrogens with one attached hydrogen (secondary N) is 1. The molecular formula is C10H18N2O2. The fraction of sp³-hybridized carbons (Fsp3) is 0.900. The van der Waals surface area contributed by atoms with E-state index in [0.717, 1.165) is 39.0 Å². The van der Waals surface area contributed by atoms with Gasteiger partial charge in [0.15, 0.2) is 0 Å². The number of amides is 1. The fourth-order valence-corrected chi connectivity index (χ4v) is 2.63. The van der Waals surface area contributed by atoms with E-state index in [1.807, 2.05) is 0 Å². The van der Waals surface area contributed by atoms with Crippen LogP contribution in [-0.4, -0.2) is 42.3 Å². The van der Waals surface area contributed by atoms with E-state index in [-0.39, 0.29) is 0 Å². The molecule has 1 spiro atoms. The summed E-state index contributed by atoms with van der Waals surface area (Å²) in [7, 11) is 0. The van der Waals surface area contributed by atoms with Crippen molar-refractivity contribution in [3.05, 3.63) is 0 Å². The van der Waals surface area contributed by atoms with E-state index in [2.05, 4.69) is 5.32 Å². The van der Waals surface area contributed by atoms with E-state index < -0.39 is 6.09 Å². The van der Waals surface area contributed by atoms with Crippen LogP contribution in [0.2, 0.25) is 0 Å². The molecule has 2 rings (SSSR count). The van der Waals surface area contributed by atoms with E-state index in [9.17, 15) is 4.79 Å². The van der Waals surface area contributed by atoms with Crippen molar-refractivity contribution in [2.45, 2.75) is 25.7 Å². The van der Waals surface area contributed by atoms with Gasteiger partial charge in [0.1, 0.15) is 0 Å². The van der Waals surface area contributed by atoms with Gasteiger partial charge in [0.2, 0.25) is 0 Å². The first kappa shape index (κ1) is 9.77. The van der Waals surface area contributed by atoms with Crippen molar-refractivity contribution in [3.63, 3.8) is 0 Å². The topological polar surface area (TPSA) is 52.6 Å². The molecule has 0 unspecified atom stereocenters. The third-order valence-corrected chi connectivity index (χ3v) is 3.76. The minimum Gasteiger partial charge on any atom is -0.465 e. The number of hydrogen-bond acceptors (Lipinski definition) is 2. The molecule has 0 radical (unpaired) electrons. The van der Waals surface area contributed by atoms with Crippen LogP contribution < -0.4 is 5.32 Å². The van der Waals surface area contributed by atoms with Crippen LogP contribution in [0.3, 0.4) is 0 Å². The summed E-state index contributed by atoms with van der Waals surface area (Å²) in [6, 6.07) is 0. The summed E-state index contributed by atoms with van der Waals surface area (Å²) in [4.78, 5) is 12.3. The first-order valence-electron chi connectivity index (χ1n) is 5.41. The van der Waals surface area contributed by atoms with Crippen molar-refractivity contribution < 1.29 is 9.90 Å². The Morgan fingerprint density at radius 2 is 1.71 bits per heavy atom. The molecule has 14 heavy (non-hydrogen) atoms. The summed E-state index contributed by atoms with van der Waals surface area (Å²) in [5.74, 6) is 0. The molecule has 2 heterocycles. The normalized spacial score (nSPS) is 26.4. The highest BCUT2D eigenvalue weighted by Gasteiger charge is 2.36. The summed E-state index contributed by atoms with van der Waals surface area (Å²) in [5.41, 5.74) is 0.456. The van der Waals surface area contributed by atoms with Gasteiger partial charge in [-0.3, -0.25) is 0 Å². The van der Waals surface area contributed by atoms with E-state index >= 15 is 0 Å². The lowest BCUT2D eigenvalue weighted by Crippen LogP contribution is -2.46. The lowest BCUT2D eigenvalue weighted by Gasteiger charge is -2.43. The molecule has 2 fully saturated rings. The Morgan fingerprint density at radius 3 is 2.21 bits per heavy atom. The summed E-state index contributed by atoms with van der Waals surface area (Å²) < 4.78 is 0. The van der Waals surface area contributed by atoms with Crippen molar-refractivity contribution >= 4 is 6.09 Å². The lowest BCUT2D eigenvalue weighted by atomic mass is 9.72. The van der Waals surface area contributed by atoms with Crippen LogP contribution in [0.5, 0.6) is 0 Å². The highest BCUT2D eigenvalue weighted by atomic mass is 16.4. The summed E-state index contributed by atoms with van der Waals surface area (Å²) in [5, 5.41) is 12.2. The predicted octanol–water partition coefficient (Wildman–Crippen LogP) is 1.13. The molecule has 2 aliphatic rings. The SMILES string of the molecule is O=C(O)N1CCC2(CCNCC2)CC1. The zero-order valence-electron chi connectivity index (χ0n) is 8.46. The Bertz CT molecular complexity index is 214. The van der Waals surface area contributed by atoms with Gasteiger partial charge in [-0.15, -0.1) is 0 Å². The van der Waals surface area contributed by atoms with Crippen LogP contribution in [0.15, 0.2) is 0 Å². The maximum absolute atomic E-state index is 10.7. The van der Waals surface area contributed by atoms with Crippen molar-refractivity contribution in [1.29, 1.82) is 0 Å². The number of hydrogen-bond donors (Lipinski definition) is 2. The average molecular weight is 198 g/mol. The van der Waals surface area contributed by atoms with Gasteiger partial charge in [0, 0.05) is 13.1 Å². The Labute approximate surface area is 84.3 Å². The molecule has 4 nitrogen and oxygen atoms in total. The second kappa shape index (κ2) is 3.77. The zero-order chi connectivity index (χ0) is 10.0. The molecule has 0 atom stereocenters. The molecule has 2 N–H and O–H groups in total. The number of rotatable bonds is 0. The standard InChI is InChI=1S/C10H18N2O2/c13-9(14)12-7-3-10(4-8-12)1-5-11-6-2-10/h11H,1-8H2,(H,13,14). The van der Waals surface area contributed by atoms with Gasteiger partial charge < -0.3 is 15.3 Å². The average Bonchev–Trinajstić information content (AvgIpc) is 2.19. The quantitative estimate of drug-likeness (QED) is 0.613. The van der Waals surface area contributed by atoms with Gasteiger partial charge >= 0.3 is 6.09 Å². The van der Waals surface area contributed by atoms with Gasteiger partial charge in [-0.25, -0.2) is 4.79 Å². The van der Waals surface area contributed by atoms with Crippen LogP contribution in [0.4, 0.5) is 4.79 Å². The highest BCUT2D eigenvalue weighted by molar-refractivity contribution is 5.65. The van der Waals surface area contributed by atoms with Crippen molar-refractivity contribution in [3.8, 4) is 0 Å². The van der Waals surface area contributed by atoms with Crippen molar-refractivity contribution in [1.82, 2.24) is 10.2 Å². The smallest absolute Gasteiger partial charge is 0.407 e. The largest absolute Gasteiger partial charge is 0.465 e. The second-order valence-electron chi connectivity index (χ2n) is 4.52. The molecule has 0 aliphatic carbocycles. The van der Waals surface area contributed by atoms with E-state index in [1.165, 1.54) is 12.8 Å². The number of likely N-dealkylation sites (tertiary alicyclic amines) is 1. The number of carbonyl (C=O) groups is 1.